The fourth-order valence-electron chi connectivity index (χ4n) is 6.26. The molecular formula is C21H29F3O5S. The molecule has 0 unspecified atom stereocenters. The average Bonchev–Trinajstić information content (AvgIpc) is 2.93. The Kier molecular flexibility index (Phi) is 5.62. The van der Waals surface area contributed by atoms with Gasteiger partial charge in [0, 0.05) is 5.92 Å². The van der Waals surface area contributed by atoms with Crippen LogP contribution in [0.25, 0.3) is 0 Å². The summed E-state index contributed by atoms with van der Waals surface area (Å²) in [6.45, 7) is 7.51. The molecule has 0 saturated heterocycles. The maximum absolute atomic E-state index is 13.1. The Morgan fingerprint density at radius 3 is 2.43 bits per heavy atom. The third-order valence-corrected chi connectivity index (χ3v) is 8.61. The molecule has 30 heavy (non-hydrogen) atoms. The van der Waals surface area contributed by atoms with Crippen molar-refractivity contribution < 1.29 is 35.7 Å². The predicted molar refractivity (Wildman–Crippen MR) is 104 cm³/mol. The highest BCUT2D eigenvalue weighted by Gasteiger charge is 2.65. The van der Waals surface area contributed by atoms with Crippen LogP contribution in [0.4, 0.5) is 13.2 Å². The Balaban J connectivity index is 2.15. The van der Waals surface area contributed by atoms with Gasteiger partial charge in [0.1, 0.15) is 5.76 Å². The molecule has 3 rings (SSSR count). The van der Waals surface area contributed by atoms with Crippen molar-refractivity contribution in [3.63, 3.8) is 0 Å². The quantitative estimate of drug-likeness (QED) is 0.467. The standard InChI is InChI=1S/C21H29F3O5S/c1-12(2)14-5-6-15-17-16(29-30(27,28)21(22,23)24)11-13(3)7-8-19(17,4)9-10-20(14,15)18(25)26/h7,11-12,14-15,17H,5-6,8-10H2,1-4H3,(H,25,26)/t14-,15+,17-,19-,20+/m1/s1. The zero-order chi connectivity index (χ0) is 22.7. The molecule has 2 fully saturated rings. The normalized spacial score (nSPS) is 37.0. The highest BCUT2D eigenvalue weighted by atomic mass is 32.2. The lowest BCUT2D eigenvalue weighted by atomic mass is 9.50. The first kappa shape index (κ1) is 23.2. The fourth-order valence-corrected chi connectivity index (χ4v) is 6.76. The molecule has 0 heterocycles. The lowest BCUT2D eigenvalue weighted by Crippen LogP contribution is -2.53. The van der Waals surface area contributed by atoms with E-state index in [0.717, 1.165) is 0 Å². The Morgan fingerprint density at radius 1 is 1.27 bits per heavy atom. The second-order valence-electron chi connectivity index (χ2n) is 9.69. The van der Waals surface area contributed by atoms with Crippen molar-refractivity contribution in [2.75, 3.05) is 0 Å². The minimum absolute atomic E-state index is 0.0911. The SMILES string of the molecule is CC1=CC[C@]2(C)CC[C@]3(C(=O)O)[C@@H](C(C)C)CC[C@H]3[C@@H]2C(OS(=O)(=O)C(F)(F)F)=C1. The van der Waals surface area contributed by atoms with E-state index >= 15 is 0 Å². The molecule has 0 aromatic carbocycles. The van der Waals surface area contributed by atoms with Crippen LogP contribution < -0.4 is 0 Å². The Hall–Kier alpha value is -1.51. The number of hydrogen-bond acceptors (Lipinski definition) is 4. The third kappa shape index (κ3) is 3.46. The molecule has 5 nitrogen and oxygen atoms in total. The number of rotatable bonds is 4. The van der Waals surface area contributed by atoms with Crippen molar-refractivity contribution in [1.82, 2.24) is 0 Å². The molecule has 2 saturated carbocycles. The van der Waals surface area contributed by atoms with E-state index in [2.05, 4.69) is 0 Å². The number of halogens is 3. The highest BCUT2D eigenvalue weighted by Crippen LogP contribution is 2.66. The van der Waals surface area contributed by atoms with E-state index in [0.29, 0.717) is 37.7 Å². The van der Waals surface area contributed by atoms with Gasteiger partial charge in [-0.2, -0.15) is 21.6 Å². The van der Waals surface area contributed by atoms with E-state index in [4.69, 9.17) is 4.18 Å². The highest BCUT2D eigenvalue weighted by molar-refractivity contribution is 7.87. The molecule has 3 aliphatic rings. The Bertz CT molecular complexity index is 889. The van der Waals surface area contributed by atoms with Gasteiger partial charge >= 0.3 is 21.6 Å². The minimum atomic E-state index is -5.86. The lowest BCUT2D eigenvalue weighted by molar-refractivity contribution is -0.165. The lowest BCUT2D eigenvalue weighted by Gasteiger charge is -2.53. The van der Waals surface area contributed by atoms with Gasteiger partial charge in [-0.25, -0.2) is 0 Å². The van der Waals surface area contributed by atoms with Gasteiger partial charge in [0.15, 0.2) is 0 Å². The zero-order valence-electron chi connectivity index (χ0n) is 17.6. The maximum atomic E-state index is 13.1. The summed E-state index contributed by atoms with van der Waals surface area (Å²) in [4.78, 5) is 12.6. The number of hydrogen-bond donors (Lipinski definition) is 1. The number of aliphatic carboxylic acids is 1. The smallest absolute Gasteiger partial charge is 0.481 e. The van der Waals surface area contributed by atoms with Gasteiger partial charge in [-0.3, -0.25) is 4.79 Å². The van der Waals surface area contributed by atoms with Crippen molar-refractivity contribution in [3.8, 4) is 0 Å². The van der Waals surface area contributed by atoms with Gasteiger partial charge in [0.2, 0.25) is 0 Å². The monoisotopic (exact) mass is 450 g/mol. The molecule has 3 aliphatic carbocycles. The van der Waals surface area contributed by atoms with Crippen molar-refractivity contribution in [3.05, 3.63) is 23.5 Å². The van der Waals surface area contributed by atoms with Crippen LogP contribution >= 0.6 is 0 Å². The maximum Gasteiger partial charge on any atom is 0.534 e. The summed E-state index contributed by atoms with van der Waals surface area (Å²) in [5.74, 6) is -2.47. The van der Waals surface area contributed by atoms with Gasteiger partial charge in [-0.15, -0.1) is 0 Å². The van der Waals surface area contributed by atoms with Crippen LogP contribution in [0, 0.1) is 34.5 Å². The zero-order valence-corrected chi connectivity index (χ0v) is 18.4. The number of carbonyl (C=O) groups is 1. The third-order valence-electron chi connectivity index (χ3n) is 7.63. The molecule has 0 bridgehead atoms. The van der Waals surface area contributed by atoms with E-state index in [9.17, 15) is 31.5 Å². The molecule has 9 heteroatoms. The van der Waals surface area contributed by atoms with E-state index in [1.54, 1.807) is 6.92 Å². The summed E-state index contributed by atoms with van der Waals surface area (Å²) < 4.78 is 67.8. The van der Waals surface area contributed by atoms with Crippen LogP contribution in [0.2, 0.25) is 0 Å². The summed E-state index contributed by atoms with van der Waals surface area (Å²) in [5.41, 5.74) is -6.62. The number of alkyl halides is 3. The molecule has 0 spiro atoms. The molecule has 170 valence electrons. The summed E-state index contributed by atoms with van der Waals surface area (Å²) in [7, 11) is -5.86. The van der Waals surface area contributed by atoms with Crippen molar-refractivity contribution >= 4 is 16.1 Å². The first-order chi connectivity index (χ1) is 13.7. The van der Waals surface area contributed by atoms with Gasteiger partial charge in [-0.1, -0.05) is 32.4 Å². The number of carboxylic acid groups (broad SMARTS) is 1. The molecule has 0 radical (unpaired) electrons. The molecule has 1 N–H and O–H groups in total. The summed E-state index contributed by atoms with van der Waals surface area (Å²) in [6, 6.07) is 0. The second-order valence-corrected chi connectivity index (χ2v) is 11.2. The minimum Gasteiger partial charge on any atom is -0.481 e. The van der Waals surface area contributed by atoms with Crippen molar-refractivity contribution in [2.45, 2.75) is 65.3 Å². The van der Waals surface area contributed by atoms with Crippen molar-refractivity contribution in [2.24, 2.45) is 34.5 Å². The molecule has 0 aromatic rings. The van der Waals surface area contributed by atoms with Crippen LogP contribution in [0.1, 0.15) is 59.8 Å². The number of carboxylic acids is 1. The second kappa shape index (κ2) is 7.28. The van der Waals surface area contributed by atoms with Crippen molar-refractivity contribution in [1.29, 1.82) is 0 Å². The summed E-state index contributed by atoms with van der Waals surface area (Å²) >= 11 is 0. The van der Waals surface area contributed by atoms with Crippen LogP contribution in [-0.2, 0) is 19.1 Å². The molecule has 0 amide bonds. The van der Waals surface area contributed by atoms with Gasteiger partial charge < -0.3 is 9.29 Å². The molecular weight excluding hydrogens is 421 g/mol. The predicted octanol–water partition coefficient (Wildman–Crippen LogP) is 5.26. The van der Waals surface area contributed by atoms with Crippen LogP contribution in [-0.4, -0.2) is 25.0 Å². The summed E-state index contributed by atoms with van der Waals surface area (Å²) in [5, 5.41) is 10.3. The largest absolute Gasteiger partial charge is 0.534 e. The van der Waals surface area contributed by atoms with Gasteiger partial charge in [-0.05, 0) is 68.3 Å². The molecule has 5 atom stereocenters. The summed E-state index contributed by atoms with van der Waals surface area (Å²) in [6.07, 6.45) is 5.80. The molecule has 0 aliphatic heterocycles. The first-order valence-electron chi connectivity index (χ1n) is 10.3. The van der Waals surface area contributed by atoms with Gasteiger partial charge in [0.05, 0.1) is 5.41 Å². The van der Waals surface area contributed by atoms with E-state index in [1.165, 1.54) is 6.08 Å². The van der Waals surface area contributed by atoms with Crippen LogP contribution in [0.3, 0.4) is 0 Å². The average molecular weight is 451 g/mol. The topological polar surface area (TPSA) is 80.7 Å². The number of fused-ring (bicyclic) bond motifs is 3. The Morgan fingerprint density at radius 2 is 1.90 bits per heavy atom. The van der Waals surface area contributed by atoms with E-state index in [1.807, 2.05) is 26.8 Å². The van der Waals surface area contributed by atoms with Crippen LogP contribution in [0.15, 0.2) is 23.5 Å². The Labute approximate surface area is 175 Å². The first-order valence-corrected chi connectivity index (χ1v) is 11.7. The van der Waals surface area contributed by atoms with Gasteiger partial charge in [0.25, 0.3) is 0 Å². The van der Waals surface area contributed by atoms with E-state index in [-0.39, 0.29) is 17.6 Å². The fraction of sp³-hybridized carbons (Fsp3) is 0.762. The molecule has 0 aromatic heterocycles. The number of allylic oxidation sites excluding steroid dienone is 4. The van der Waals surface area contributed by atoms with Crippen LogP contribution in [0.5, 0.6) is 0 Å². The van der Waals surface area contributed by atoms with E-state index < -0.39 is 44.3 Å².